The van der Waals surface area contributed by atoms with Gasteiger partial charge in [0.1, 0.15) is 5.82 Å². The van der Waals surface area contributed by atoms with Crippen molar-refractivity contribution in [3.63, 3.8) is 0 Å². The Morgan fingerprint density at radius 2 is 2.12 bits per heavy atom. The van der Waals surface area contributed by atoms with Crippen LogP contribution in [0.1, 0.15) is 0 Å². The first-order valence-electron chi connectivity index (χ1n) is 4.93. The van der Waals surface area contributed by atoms with Gasteiger partial charge in [0.15, 0.2) is 0 Å². The molecule has 1 amide bonds. The Morgan fingerprint density at radius 1 is 1.29 bits per heavy atom. The zero-order valence-corrected chi connectivity index (χ0v) is 9.61. The number of halogens is 1. The molecule has 0 aliphatic heterocycles. The highest BCUT2D eigenvalue weighted by Gasteiger charge is 2.09. The van der Waals surface area contributed by atoms with Gasteiger partial charge in [-0.25, -0.2) is 4.98 Å². The third-order valence-electron chi connectivity index (χ3n) is 2.32. The molecule has 1 aromatic carbocycles. The van der Waals surface area contributed by atoms with Gasteiger partial charge in [0.05, 0.1) is 0 Å². The topological polar surface area (TPSA) is 68.0 Å². The Bertz CT molecular complexity index is 557. The summed E-state index contributed by atoms with van der Waals surface area (Å²) in [5.41, 5.74) is 7.92. The molecule has 0 aliphatic carbocycles. The highest BCUT2D eigenvalue weighted by atomic mass is 35.5. The van der Waals surface area contributed by atoms with E-state index >= 15 is 0 Å². The van der Waals surface area contributed by atoms with Crippen molar-refractivity contribution < 1.29 is 4.79 Å². The van der Waals surface area contributed by atoms with E-state index in [1.54, 1.807) is 30.5 Å². The zero-order chi connectivity index (χ0) is 12.3. The fraction of sp³-hybridized carbons (Fsp3) is 0. The van der Waals surface area contributed by atoms with Gasteiger partial charge in [0.2, 0.25) is 6.41 Å². The standard InChI is InChI=1S/C12H10ClN3O/c13-8-3-4-11(16-7-17)10(6-8)9-2-1-5-15-12(9)14/h1-7H,(H2,14,15)(H,16,17). The first-order chi connectivity index (χ1) is 8.22. The molecule has 4 nitrogen and oxygen atoms in total. The minimum absolute atomic E-state index is 0.392. The van der Waals surface area contributed by atoms with E-state index in [2.05, 4.69) is 10.3 Å². The van der Waals surface area contributed by atoms with Crippen molar-refractivity contribution in [2.75, 3.05) is 11.1 Å². The van der Waals surface area contributed by atoms with E-state index in [1.807, 2.05) is 6.07 Å². The van der Waals surface area contributed by atoms with E-state index in [4.69, 9.17) is 17.3 Å². The van der Waals surface area contributed by atoms with E-state index in [1.165, 1.54) is 0 Å². The van der Waals surface area contributed by atoms with Crippen LogP contribution in [0.2, 0.25) is 5.02 Å². The number of carbonyl (C=O) groups is 1. The smallest absolute Gasteiger partial charge is 0.211 e. The van der Waals surface area contributed by atoms with Crippen LogP contribution in [0.25, 0.3) is 11.1 Å². The lowest BCUT2D eigenvalue weighted by atomic mass is 10.0. The van der Waals surface area contributed by atoms with Crippen LogP contribution in [0.4, 0.5) is 11.5 Å². The van der Waals surface area contributed by atoms with Gasteiger partial charge in [-0.05, 0) is 30.3 Å². The second-order valence-electron chi connectivity index (χ2n) is 3.39. The number of amides is 1. The summed E-state index contributed by atoms with van der Waals surface area (Å²) in [5.74, 6) is 0.392. The van der Waals surface area contributed by atoms with E-state index in [9.17, 15) is 4.79 Å². The average molecular weight is 248 g/mol. The highest BCUT2D eigenvalue weighted by molar-refractivity contribution is 6.31. The summed E-state index contributed by atoms with van der Waals surface area (Å²) in [6, 6.07) is 8.75. The molecule has 0 fully saturated rings. The van der Waals surface area contributed by atoms with Crippen LogP contribution in [-0.2, 0) is 4.79 Å². The number of pyridine rings is 1. The van der Waals surface area contributed by atoms with E-state index in [-0.39, 0.29) is 0 Å². The normalized spacial score (nSPS) is 9.94. The van der Waals surface area contributed by atoms with Crippen molar-refractivity contribution in [1.82, 2.24) is 4.98 Å². The molecule has 0 aliphatic rings. The third kappa shape index (κ3) is 2.37. The molecule has 3 N–H and O–H groups in total. The third-order valence-corrected chi connectivity index (χ3v) is 2.56. The number of nitrogens with two attached hydrogens (primary N) is 1. The second kappa shape index (κ2) is 4.84. The van der Waals surface area contributed by atoms with Gasteiger partial charge >= 0.3 is 0 Å². The number of nitrogens with one attached hydrogen (secondary N) is 1. The lowest BCUT2D eigenvalue weighted by molar-refractivity contribution is -0.105. The lowest BCUT2D eigenvalue weighted by Gasteiger charge is -2.10. The van der Waals surface area contributed by atoms with Gasteiger partial charge in [-0.1, -0.05) is 11.6 Å². The van der Waals surface area contributed by atoms with Crippen LogP contribution < -0.4 is 11.1 Å². The van der Waals surface area contributed by atoms with Gasteiger partial charge in [-0.3, -0.25) is 4.79 Å². The van der Waals surface area contributed by atoms with Crippen molar-refractivity contribution in [3.8, 4) is 11.1 Å². The summed E-state index contributed by atoms with van der Waals surface area (Å²) in [6.07, 6.45) is 2.22. The Morgan fingerprint density at radius 3 is 2.82 bits per heavy atom. The zero-order valence-electron chi connectivity index (χ0n) is 8.85. The molecule has 0 spiro atoms. The average Bonchev–Trinajstić information content (AvgIpc) is 2.32. The molecule has 0 bridgehead atoms. The number of rotatable bonds is 3. The molecular weight excluding hydrogens is 238 g/mol. The maximum atomic E-state index is 10.5. The molecule has 1 aromatic heterocycles. The number of hydrogen-bond acceptors (Lipinski definition) is 3. The molecule has 86 valence electrons. The summed E-state index contributed by atoms with van der Waals surface area (Å²) < 4.78 is 0. The molecule has 0 saturated heterocycles. The van der Waals surface area contributed by atoms with Crippen molar-refractivity contribution >= 4 is 29.5 Å². The second-order valence-corrected chi connectivity index (χ2v) is 3.82. The van der Waals surface area contributed by atoms with Gasteiger partial charge < -0.3 is 11.1 Å². The van der Waals surface area contributed by atoms with Gasteiger partial charge in [-0.2, -0.15) is 0 Å². The lowest BCUT2D eigenvalue weighted by Crippen LogP contribution is -1.99. The number of nitrogen functional groups attached to an aromatic ring is 1. The summed E-state index contributed by atoms with van der Waals surface area (Å²) >= 11 is 5.94. The Hall–Kier alpha value is -2.07. The van der Waals surface area contributed by atoms with Gasteiger partial charge in [0.25, 0.3) is 0 Å². The number of carbonyl (C=O) groups excluding carboxylic acids is 1. The Balaban J connectivity index is 2.61. The fourth-order valence-electron chi connectivity index (χ4n) is 1.57. The summed E-state index contributed by atoms with van der Waals surface area (Å²) in [4.78, 5) is 14.5. The molecule has 0 saturated carbocycles. The molecule has 1 heterocycles. The molecule has 17 heavy (non-hydrogen) atoms. The quantitative estimate of drug-likeness (QED) is 0.819. The van der Waals surface area contributed by atoms with E-state index < -0.39 is 0 Å². The van der Waals surface area contributed by atoms with Gasteiger partial charge in [-0.15, -0.1) is 0 Å². The maximum Gasteiger partial charge on any atom is 0.211 e. The minimum atomic E-state index is 0.392. The molecule has 2 aromatic rings. The highest BCUT2D eigenvalue weighted by Crippen LogP contribution is 2.32. The van der Waals surface area contributed by atoms with Crippen molar-refractivity contribution in [1.29, 1.82) is 0 Å². The van der Waals surface area contributed by atoms with E-state index in [0.717, 1.165) is 11.1 Å². The molecule has 2 rings (SSSR count). The monoisotopic (exact) mass is 247 g/mol. The van der Waals surface area contributed by atoms with Crippen molar-refractivity contribution in [3.05, 3.63) is 41.6 Å². The van der Waals surface area contributed by atoms with Crippen LogP contribution in [0.3, 0.4) is 0 Å². The first kappa shape index (κ1) is 11.4. The first-order valence-corrected chi connectivity index (χ1v) is 5.31. The van der Waals surface area contributed by atoms with Crippen LogP contribution in [0, 0.1) is 0 Å². The predicted molar refractivity (Wildman–Crippen MR) is 68.8 cm³/mol. The maximum absolute atomic E-state index is 10.5. The largest absolute Gasteiger partial charge is 0.383 e. The van der Waals surface area contributed by atoms with Crippen LogP contribution in [-0.4, -0.2) is 11.4 Å². The summed E-state index contributed by atoms with van der Waals surface area (Å²) in [5, 5.41) is 3.18. The fourth-order valence-corrected chi connectivity index (χ4v) is 1.75. The number of benzene rings is 1. The van der Waals surface area contributed by atoms with Crippen LogP contribution in [0.15, 0.2) is 36.5 Å². The molecule has 0 unspecified atom stereocenters. The molecular formula is C12H10ClN3O. The molecule has 5 heteroatoms. The molecule has 0 atom stereocenters. The van der Waals surface area contributed by atoms with Crippen molar-refractivity contribution in [2.45, 2.75) is 0 Å². The predicted octanol–water partition coefficient (Wildman–Crippen LogP) is 2.55. The van der Waals surface area contributed by atoms with Crippen LogP contribution >= 0.6 is 11.6 Å². The number of anilines is 2. The number of aromatic nitrogens is 1. The Labute approximate surface area is 103 Å². The number of nitrogens with zero attached hydrogens (tertiary/aromatic N) is 1. The SMILES string of the molecule is Nc1ncccc1-c1cc(Cl)ccc1NC=O. The van der Waals surface area contributed by atoms with Gasteiger partial charge in [0, 0.05) is 28.0 Å². The molecule has 0 radical (unpaired) electrons. The summed E-state index contributed by atoms with van der Waals surface area (Å²) in [7, 11) is 0. The van der Waals surface area contributed by atoms with E-state index in [0.29, 0.717) is 22.9 Å². The Kier molecular flexibility index (Phi) is 3.25. The summed E-state index contributed by atoms with van der Waals surface area (Å²) in [6.45, 7) is 0. The van der Waals surface area contributed by atoms with Crippen LogP contribution in [0.5, 0.6) is 0 Å². The number of hydrogen-bond donors (Lipinski definition) is 2. The minimum Gasteiger partial charge on any atom is -0.383 e. The van der Waals surface area contributed by atoms with Crippen molar-refractivity contribution in [2.24, 2.45) is 0 Å².